The molecule has 0 spiro atoms. The van der Waals surface area contributed by atoms with Gasteiger partial charge in [-0.15, -0.1) is 0 Å². The fraction of sp³-hybridized carbons (Fsp3) is 0.125. The predicted molar refractivity (Wildman–Crippen MR) is 121 cm³/mol. The Morgan fingerprint density at radius 2 is 1.61 bits per heavy atom. The van der Waals surface area contributed by atoms with Gasteiger partial charge in [0.1, 0.15) is 0 Å². The Bertz CT molecular complexity index is 1170. The quantitative estimate of drug-likeness (QED) is 0.308. The second-order valence-electron chi connectivity index (χ2n) is 7.14. The summed E-state index contributed by atoms with van der Waals surface area (Å²) in [5, 5.41) is 16.1. The van der Waals surface area contributed by atoms with Crippen LogP contribution in [0, 0.1) is 17.0 Å². The van der Waals surface area contributed by atoms with Gasteiger partial charge in [0.2, 0.25) is 0 Å². The summed E-state index contributed by atoms with van der Waals surface area (Å²) >= 11 is 0. The molecule has 33 heavy (non-hydrogen) atoms. The predicted octanol–water partition coefficient (Wildman–Crippen LogP) is 3.63. The number of hydrogen-bond donors (Lipinski definition) is 2. The summed E-state index contributed by atoms with van der Waals surface area (Å²) in [4.78, 5) is 47.0. The van der Waals surface area contributed by atoms with Crippen molar-refractivity contribution >= 4 is 29.2 Å². The minimum Gasteiger partial charge on any atom is -0.452 e. The highest BCUT2D eigenvalue weighted by atomic mass is 16.6. The third-order valence-electron chi connectivity index (χ3n) is 4.67. The summed E-state index contributed by atoms with van der Waals surface area (Å²) in [5.41, 5.74) is 2.50. The van der Waals surface area contributed by atoms with E-state index in [9.17, 15) is 24.5 Å². The lowest BCUT2D eigenvalue weighted by Crippen LogP contribution is -2.26. The number of esters is 1. The van der Waals surface area contributed by atoms with Crippen molar-refractivity contribution in [3.05, 3.63) is 105 Å². The minimum absolute atomic E-state index is 0.0734. The van der Waals surface area contributed by atoms with Crippen molar-refractivity contribution < 1.29 is 24.0 Å². The number of para-hydroxylation sites is 1. The lowest BCUT2D eigenvalue weighted by Gasteiger charge is -2.12. The van der Waals surface area contributed by atoms with Crippen molar-refractivity contribution in [1.82, 2.24) is 5.32 Å². The van der Waals surface area contributed by atoms with Crippen LogP contribution in [0.15, 0.2) is 72.8 Å². The minimum atomic E-state index is -0.802. The number of rotatable bonds is 8. The molecular formula is C24H21N3O6. The Kier molecular flexibility index (Phi) is 7.48. The third kappa shape index (κ3) is 6.47. The normalized spacial score (nSPS) is 10.2. The number of carbonyl (C=O) groups is 3. The summed E-state index contributed by atoms with van der Waals surface area (Å²) in [6, 6.07) is 19.0. The van der Waals surface area contributed by atoms with Gasteiger partial charge < -0.3 is 15.4 Å². The van der Waals surface area contributed by atoms with E-state index < -0.39 is 23.4 Å². The van der Waals surface area contributed by atoms with Gasteiger partial charge in [-0.05, 0) is 36.8 Å². The highest BCUT2D eigenvalue weighted by Gasteiger charge is 2.15. The highest BCUT2D eigenvalue weighted by molar-refractivity contribution is 6.04. The molecular weight excluding hydrogens is 426 g/mol. The number of carbonyl (C=O) groups excluding carboxylic acids is 3. The fourth-order valence-corrected chi connectivity index (χ4v) is 2.89. The van der Waals surface area contributed by atoms with Crippen LogP contribution < -0.4 is 10.6 Å². The van der Waals surface area contributed by atoms with E-state index in [4.69, 9.17) is 4.74 Å². The van der Waals surface area contributed by atoms with Crippen molar-refractivity contribution in [2.24, 2.45) is 0 Å². The molecule has 0 heterocycles. The number of nitro groups is 1. The standard InChI is InChI=1S/C24H21N3O6/c1-16-6-8-17(9-7-16)14-25-23(29)20-4-2-3-5-21(20)26-22(28)15-33-24(30)18-10-12-19(13-11-18)27(31)32/h2-13H,14-15H2,1H3,(H,25,29)(H,26,28). The summed E-state index contributed by atoms with van der Waals surface area (Å²) in [5.74, 6) is -1.80. The average molecular weight is 447 g/mol. The lowest BCUT2D eigenvalue weighted by atomic mass is 10.1. The molecule has 168 valence electrons. The van der Waals surface area contributed by atoms with E-state index in [0.29, 0.717) is 6.54 Å². The number of anilines is 1. The van der Waals surface area contributed by atoms with E-state index in [1.54, 1.807) is 24.3 Å². The summed E-state index contributed by atoms with van der Waals surface area (Å²) < 4.78 is 4.96. The molecule has 3 aromatic carbocycles. The molecule has 0 aromatic heterocycles. The Labute approximate surface area is 189 Å². The smallest absolute Gasteiger partial charge is 0.338 e. The molecule has 2 amide bonds. The molecule has 0 saturated heterocycles. The topological polar surface area (TPSA) is 128 Å². The third-order valence-corrected chi connectivity index (χ3v) is 4.67. The molecule has 0 aliphatic rings. The Balaban J connectivity index is 1.56. The molecule has 0 aliphatic heterocycles. The number of nitrogens with one attached hydrogen (secondary N) is 2. The number of benzene rings is 3. The molecule has 3 aromatic rings. The monoisotopic (exact) mass is 447 g/mol. The molecule has 0 bridgehead atoms. The first-order valence-electron chi connectivity index (χ1n) is 9.97. The molecule has 0 atom stereocenters. The summed E-state index contributed by atoms with van der Waals surface area (Å²) in [7, 11) is 0. The van der Waals surface area contributed by atoms with Crippen LogP contribution in [0.4, 0.5) is 11.4 Å². The molecule has 0 saturated carbocycles. The largest absolute Gasteiger partial charge is 0.452 e. The van der Waals surface area contributed by atoms with Crippen LogP contribution in [0.2, 0.25) is 0 Å². The number of non-ortho nitro benzene ring substituents is 1. The average Bonchev–Trinajstić information content (AvgIpc) is 2.82. The van der Waals surface area contributed by atoms with Crippen LogP contribution in [-0.2, 0) is 16.1 Å². The maximum Gasteiger partial charge on any atom is 0.338 e. The van der Waals surface area contributed by atoms with Gasteiger partial charge in [0.05, 0.1) is 21.7 Å². The van der Waals surface area contributed by atoms with Gasteiger partial charge >= 0.3 is 5.97 Å². The maximum atomic E-state index is 12.6. The van der Waals surface area contributed by atoms with Crippen molar-refractivity contribution in [3.8, 4) is 0 Å². The first-order valence-corrected chi connectivity index (χ1v) is 9.97. The maximum absolute atomic E-state index is 12.6. The molecule has 0 unspecified atom stereocenters. The van der Waals surface area contributed by atoms with Crippen LogP contribution in [0.3, 0.4) is 0 Å². The molecule has 0 radical (unpaired) electrons. The van der Waals surface area contributed by atoms with Gasteiger partial charge in [0, 0.05) is 18.7 Å². The van der Waals surface area contributed by atoms with E-state index in [1.807, 2.05) is 31.2 Å². The molecule has 0 aliphatic carbocycles. The molecule has 9 heteroatoms. The molecule has 9 nitrogen and oxygen atoms in total. The number of nitro benzene ring substituents is 1. The number of amides is 2. The molecule has 3 rings (SSSR count). The second kappa shape index (κ2) is 10.7. The number of hydrogen-bond acceptors (Lipinski definition) is 6. The highest BCUT2D eigenvalue weighted by Crippen LogP contribution is 2.16. The number of ether oxygens (including phenoxy) is 1. The zero-order valence-electron chi connectivity index (χ0n) is 17.7. The van der Waals surface area contributed by atoms with E-state index in [-0.39, 0.29) is 28.4 Å². The van der Waals surface area contributed by atoms with Gasteiger partial charge in [-0.2, -0.15) is 0 Å². The zero-order valence-corrected chi connectivity index (χ0v) is 17.7. The van der Waals surface area contributed by atoms with Gasteiger partial charge in [0.15, 0.2) is 6.61 Å². The lowest BCUT2D eigenvalue weighted by molar-refractivity contribution is -0.384. The van der Waals surface area contributed by atoms with Crippen LogP contribution >= 0.6 is 0 Å². The van der Waals surface area contributed by atoms with Crippen molar-refractivity contribution in [1.29, 1.82) is 0 Å². The van der Waals surface area contributed by atoms with Crippen LogP contribution in [-0.4, -0.2) is 29.3 Å². The van der Waals surface area contributed by atoms with Crippen molar-refractivity contribution in [2.75, 3.05) is 11.9 Å². The molecule has 2 N–H and O–H groups in total. The van der Waals surface area contributed by atoms with Gasteiger partial charge in [-0.3, -0.25) is 19.7 Å². The first kappa shape index (κ1) is 23.1. The zero-order chi connectivity index (χ0) is 23.8. The fourth-order valence-electron chi connectivity index (χ4n) is 2.89. The Morgan fingerprint density at radius 1 is 0.939 bits per heavy atom. The second-order valence-corrected chi connectivity index (χ2v) is 7.14. The van der Waals surface area contributed by atoms with E-state index in [1.165, 1.54) is 24.3 Å². The first-order chi connectivity index (χ1) is 15.8. The van der Waals surface area contributed by atoms with Crippen molar-refractivity contribution in [3.63, 3.8) is 0 Å². The van der Waals surface area contributed by atoms with Gasteiger partial charge in [-0.1, -0.05) is 42.0 Å². The van der Waals surface area contributed by atoms with E-state index >= 15 is 0 Å². The van der Waals surface area contributed by atoms with Crippen LogP contribution in [0.5, 0.6) is 0 Å². The summed E-state index contributed by atoms with van der Waals surface area (Å²) in [6.07, 6.45) is 0. The Hall–Kier alpha value is -4.53. The molecule has 0 fully saturated rings. The SMILES string of the molecule is Cc1ccc(CNC(=O)c2ccccc2NC(=O)COC(=O)c2ccc([N+](=O)[O-])cc2)cc1. The number of aryl methyl sites for hydroxylation is 1. The van der Waals surface area contributed by atoms with E-state index in [0.717, 1.165) is 11.1 Å². The van der Waals surface area contributed by atoms with Crippen LogP contribution in [0.1, 0.15) is 31.8 Å². The van der Waals surface area contributed by atoms with Gasteiger partial charge in [0.25, 0.3) is 17.5 Å². The number of nitrogens with zero attached hydrogens (tertiary/aromatic N) is 1. The summed E-state index contributed by atoms with van der Waals surface area (Å²) in [6.45, 7) is 1.72. The van der Waals surface area contributed by atoms with E-state index in [2.05, 4.69) is 10.6 Å². The van der Waals surface area contributed by atoms with Crippen molar-refractivity contribution in [2.45, 2.75) is 13.5 Å². The Morgan fingerprint density at radius 3 is 2.27 bits per heavy atom. The van der Waals surface area contributed by atoms with Crippen LogP contribution in [0.25, 0.3) is 0 Å². The van der Waals surface area contributed by atoms with Gasteiger partial charge in [-0.25, -0.2) is 4.79 Å².